The second-order valence-corrected chi connectivity index (χ2v) is 6.14. The minimum absolute atomic E-state index is 0.0884. The standard InChI is InChI=1S/C19H24N4O/c24-19(22-12-9-17-5-1-2-10-20-17)7-6-16-8-11-21-18(15-16)23-13-3-4-14-23/h1-2,5,8,10-11,15H,3-4,6-7,9,12-14H2,(H,22,24). The predicted octanol–water partition coefficient (Wildman–Crippen LogP) is 2.37. The highest BCUT2D eigenvalue weighted by Crippen LogP contribution is 2.19. The number of rotatable bonds is 7. The predicted molar refractivity (Wildman–Crippen MR) is 95.0 cm³/mol. The number of anilines is 1. The van der Waals surface area contributed by atoms with Gasteiger partial charge in [0.25, 0.3) is 0 Å². The normalized spacial score (nSPS) is 13.9. The molecule has 1 fully saturated rings. The molecule has 2 aromatic heterocycles. The third-order valence-electron chi connectivity index (χ3n) is 4.31. The second kappa shape index (κ2) is 8.43. The van der Waals surface area contributed by atoms with Crippen molar-refractivity contribution in [2.75, 3.05) is 24.5 Å². The summed E-state index contributed by atoms with van der Waals surface area (Å²) in [7, 11) is 0. The van der Waals surface area contributed by atoms with Crippen LogP contribution in [-0.2, 0) is 17.6 Å². The Morgan fingerprint density at radius 3 is 2.75 bits per heavy atom. The lowest BCUT2D eigenvalue weighted by molar-refractivity contribution is -0.121. The van der Waals surface area contributed by atoms with E-state index in [2.05, 4.69) is 26.3 Å². The number of carbonyl (C=O) groups excluding carboxylic acids is 1. The molecule has 1 N–H and O–H groups in total. The largest absolute Gasteiger partial charge is 0.357 e. The van der Waals surface area contributed by atoms with Gasteiger partial charge >= 0.3 is 0 Å². The number of hydrogen-bond donors (Lipinski definition) is 1. The van der Waals surface area contributed by atoms with Gasteiger partial charge in [-0.05, 0) is 49.1 Å². The van der Waals surface area contributed by atoms with E-state index in [9.17, 15) is 4.79 Å². The van der Waals surface area contributed by atoms with E-state index in [0.29, 0.717) is 13.0 Å². The lowest BCUT2D eigenvalue weighted by Gasteiger charge is -2.16. The van der Waals surface area contributed by atoms with Crippen molar-refractivity contribution in [1.82, 2.24) is 15.3 Å². The number of nitrogens with zero attached hydrogens (tertiary/aromatic N) is 3. The summed E-state index contributed by atoms with van der Waals surface area (Å²) in [5.74, 6) is 1.13. The average Bonchev–Trinajstić information content (AvgIpc) is 3.16. The SMILES string of the molecule is O=C(CCc1ccnc(N2CCCC2)c1)NCCc1ccccn1. The van der Waals surface area contributed by atoms with E-state index in [1.807, 2.05) is 30.5 Å². The van der Waals surface area contributed by atoms with Gasteiger partial charge in [0.15, 0.2) is 0 Å². The Morgan fingerprint density at radius 1 is 1.08 bits per heavy atom. The van der Waals surface area contributed by atoms with Crippen LogP contribution in [0.1, 0.15) is 30.5 Å². The van der Waals surface area contributed by atoms with Gasteiger partial charge in [0, 0.05) is 50.6 Å². The fraction of sp³-hybridized carbons (Fsp3) is 0.421. The molecule has 0 bridgehead atoms. The van der Waals surface area contributed by atoms with Gasteiger partial charge in [0.05, 0.1) is 0 Å². The topological polar surface area (TPSA) is 58.1 Å². The highest BCUT2D eigenvalue weighted by Gasteiger charge is 2.13. The maximum absolute atomic E-state index is 12.0. The number of aryl methyl sites for hydroxylation is 1. The van der Waals surface area contributed by atoms with E-state index in [0.717, 1.165) is 37.4 Å². The van der Waals surface area contributed by atoms with Crippen LogP contribution < -0.4 is 10.2 Å². The van der Waals surface area contributed by atoms with Crippen LogP contribution in [0.15, 0.2) is 42.7 Å². The first-order valence-electron chi connectivity index (χ1n) is 8.68. The number of nitrogens with one attached hydrogen (secondary N) is 1. The van der Waals surface area contributed by atoms with Gasteiger partial charge in [-0.1, -0.05) is 6.07 Å². The molecule has 0 aliphatic carbocycles. The van der Waals surface area contributed by atoms with Crippen LogP contribution >= 0.6 is 0 Å². The molecular weight excluding hydrogens is 300 g/mol. The Bertz CT molecular complexity index is 653. The van der Waals surface area contributed by atoms with Gasteiger partial charge in [-0.3, -0.25) is 9.78 Å². The number of aromatic nitrogens is 2. The maximum atomic E-state index is 12.0. The first-order valence-corrected chi connectivity index (χ1v) is 8.68. The second-order valence-electron chi connectivity index (χ2n) is 6.14. The molecular formula is C19H24N4O. The van der Waals surface area contributed by atoms with Gasteiger partial charge in [-0.15, -0.1) is 0 Å². The van der Waals surface area contributed by atoms with E-state index in [-0.39, 0.29) is 5.91 Å². The van der Waals surface area contributed by atoms with E-state index in [1.54, 1.807) is 6.20 Å². The lowest BCUT2D eigenvalue weighted by Crippen LogP contribution is -2.26. The smallest absolute Gasteiger partial charge is 0.220 e. The Labute approximate surface area is 143 Å². The van der Waals surface area contributed by atoms with Crippen LogP contribution in [0.5, 0.6) is 0 Å². The van der Waals surface area contributed by atoms with E-state index >= 15 is 0 Å². The number of pyridine rings is 2. The van der Waals surface area contributed by atoms with Crippen LogP contribution in [-0.4, -0.2) is 35.5 Å². The summed E-state index contributed by atoms with van der Waals surface area (Å²) in [5, 5.41) is 2.97. The minimum Gasteiger partial charge on any atom is -0.357 e. The number of carbonyl (C=O) groups is 1. The van der Waals surface area contributed by atoms with Crippen molar-refractivity contribution in [2.24, 2.45) is 0 Å². The first-order chi connectivity index (χ1) is 11.8. The third kappa shape index (κ3) is 4.78. The maximum Gasteiger partial charge on any atom is 0.220 e. The summed E-state index contributed by atoms with van der Waals surface area (Å²) in [6, 6.07) is 9.95. The van der Waals surface area contributed by atoms with Crippen molar-refractivity contribution in [1.29, 1.82) is 0 Å². The molecule has 2 aromatic rings. The molecule has 1 amide bonds. The van der Waals surface area contributed by atoms with Gasteiger partial charge < -0.3 is 10.2 Å². The molecule has 1 aliphatic rings. The fourth-order valence-electron chi connectivity index (χ4n) is 2.96. The van der Waals surface area contributed by atoms with Crippen molar-refractivity contribution >= 4 is 11.7 Å². The summed E-state index contributed by atoms with van der Waals surface area (Å²) in [6.45, 7) is 2.81. The van der Waals surface area contributed by atoms with Crippen LogP contribution in [0, 0.1) is 0 Å². The van der Waals surface area contributed by atoms with Gasteiger partial charge in [0.2, 0.25) is 5.91 Å². The highest BCUT2D eigenvalue weighted by atomic mass is 16.1. The molecule has 126 valence electrons. The molecule has 3 heterocycles. The molecule has 5 heteroatoms. The van der Waals surface area contributed by atoms with Crippen molar-refractivity contribution in [3.63, 3.8) is 0 Å². The number of amides is 1. The highest BCUT2D eigenvalue weighted by molar-refractivity contribution is 5.76. The van der Waals surface area contributed by atoms with Crippen LogP contribution in [0.25, 0.3) is 0 Å². The molecule has 0 radical (unpaired) electrons. The monoisotopic (exact) mass is 324 g/mol. The van der Waals surface area contributed by atoms with Gasteiger partial charge in [-0.2, -0.15) is 0 Å². The molecule has 0 atom stereocenters. The van der Waals surface area contributed by atoms with Crippen molar-refractivity contribution in [2.45, 2.75) is 32.1 Å². The van der Waals surface area contributed by atoms with Gasteiger partial charge in [0.1, 0.15) is 5.82 Å². The molecule has 0 spiro atoms. The van der Waals surface area contributed by atoms with E-state index < -0.39 is 0 Å². The Balaban J connectivity index is 1.42. The first kappa shape index (κ1) is 16.4. The zero-order valence-electron chi connectivity index (χ0n) is 13.9. The molecule has 3 rings (SSSR count). The van der Waals surface area contributed by atoms with Crippen molar-refractivity contribution < 1.29 is 4.79 Å². The Hall–Kier alpha value is -2.43. The van der Waals surface area contributed by atoms with E-state index in [4.69, 9.17) is 0 Å². The van der Waals surface area contributed by atoms with Crippen molar-refractivity contribution in [3.8, 4) is 0 Å². The lowest BCUT2D eigenvalue weighted by atomic mass is 10.1. The molecule has 0 saturated carbocycles. The Kier molecular flexibility index (Phi) is 5.77. The third-order valence-corrected chi connectivity index (χ3v) is 4.31. The summed E-state index contributed by atoms with van der Waals surface area (Å²) in [6.07, 6.45) is 8.13. The molecule has 0 unspecified atom stereocenters. The van der Waals surface area contributed by atoms with Crippen LogP contribution in [0.3, 0.4) is 0 Å². The summed E-state index contributed by atoms with van der Waals surface area (Å²) in [5.41, 5.74) is 2.17. The molecule has 0 aromatic carbocycles. The Morgan fingerprint density at radius 2 is 1.96 bits per heavy atom. The molecule has 1 saturated heterocycles. The zero-order chi connectivity index (χ0) is 16.6. The summed E-state index contributed by atoms with van der Waals surface area (Å²) >= 11 is 0. The minimum atomic E-state index is 0.0884. The van der Waals surface area contributed by atoms with E-state index in [1.165, 1.54) is 18.4 Å². The molecule has 5 nitrogen and oxygen atoms in total. The molecule has 24 heavy (non-hydrogen) atoms. The fourth-order valence-corrected chi connectivity index (χ4v) is 2.96. The summed E-state index contributed by atoms with van der Waals surface area (Å²) < 4.78 is 0. The average molecular weight is 324 g/mol. The molecule has 1 aliphatic heterocycles. The number of hydrogen-bond acceptors (Lipinski definition) is 4. The van der Waals surface area contributed by atoms with Crippen LogP contribution in [0.2, 0.25) is 0 Å². The summed E-state index contributed by atoms with van der Waals surface area (Å²) in [4.78, 5) is 23.0. The van der Waals surface area contributed by atoms with Crippen LogP contribution in [0.4, 0.5) is 5.82 Å². The quantitative estimate of drug-likeness (QED) is 0.849. The van der Waals surface area contributed by atoms with Crippen molar-refractivity contribution in [3.05, 3.63) is 54.0 Å². The van der Waals surface area contributed by atoms with Gasteiger partial charge in [-0.25, -0.2) is 4.98 Å². The zero-order valence-corrected chi connectivity index (χ0v) is 13.9.